The van der Waals surface area contributed by atoms with Gasteiger partial charge in [-0.1, -0.05) is 36.4 Å². The molecule has 4 nitrogen and oxygen atoms in total. The molecule has 0 aromatic heterocycles. The average Bonchev–Trinajstić information content (AvgIpc) is 2.52. The SMILES string of the molecule is CC(=O)Nc1cccc(C(=O)N(Cc2ccccc2)C(C)C)c1. The first-order chi connectivity index (χ1) is 11.0. The Morgan fingerprint density at radius 2 is 1.74 bits per heavy atom. The smallest absolute Gasteiger partial charge is 0.254 e. The standard InChI is InChI=1S/C19H22N2O2/c1-14(2)21(13-16-8-5-4-6-9-16)19(23)17-10-7-11-18(12-17)20-15(3)22/h4-12,14H,13H2,1-3H3,(H,20,22). The van der Waals surface area contributed by atoms with Gasteiger partial charge < -0.3 is 10.2 Å². The van der Waals surface area contributed by atoms with Crippen LogP contribution in [0.3, 0.4) is 0 Å². The molecule has 2 rings (SSSR count). The molecule has 23 heavy (non-hydrogen) atoms. The van der Waals surface area contributed by atoms with Gasteiger partial charge in [-0.25, -0.2) is 0 Å². The molecule has 2 aromatic rings. The lowest BCUT2D eigenvalue weighted by molar-refractivity contribution is -0.114. The first kappa shape index (κ1) is 16.7. The first-order valence-electron chi connectivity index (χ1n) is 7.70. The fourth-order valence-corrected chi connectivity index (χ4v) is 2.37. The quantitative estimate of drug-likeness (QED) is 0.915. The number of benzene rings is 2. The van der Waals surface area contributed by atoms with Crippen molar-refractivity contribution in [2.24, 2.45) is 0 Å². The molecule has 0 bridgehead atoms. The minimum Gasteiger partial charge on any atom is -0.332 e. The molecule has 0 saturated heterocycles. The predicted molar refractivity (Wildman–Crippen MR) is 92.2 cm³/mol. The number of nitrogens with one attached hydrogen (secondary N) is 1. The van der Waals surface area contributed by atoms with Crippen LogP contribution in [0, 0.1) is 0 Å². The topological polar surface area (TPSA) is 49.4 Å². The van der Waals surface area contributed by atoms with Gasteiger partial charge >= 0.3 is 0 Å². The maximum Gasteiger partial charge on any atom is 0.254 e. The van der Waals surface area contributed by atoms with Crippen molar-refractivity contribution in [2.45, 2.75) is 33.4 Å². The van der Waals surface area contributed by atoms with E-state index in [2.05, 4.69) is 5.32 Å². The monoisotopic (exact) mass is 310 g/mol. The first-order valence-corrected chi connectivity index (χ1v) is 7.70. The van der Waals surface area contributed by atoms with Crippen LogP contribution in [-0.4, -0.2) is 22.8 Å². The molecule has 0 radical (unpaired) electrons. The van der Waals surface area contributed by atoms with E-state index in [1.807, 2.05) is 49.1 Å². The van der Waals surface area contributed by atoms with Crippen molar-refractivity contribution in [1.82, 2.24) is 4.90 Å². The summed E-state index contributed by atoms with van der Waals surface area (Å²) in [5.41, 5.74) is 2.29. The fraction of sp³-hybridized carbons (Fsp3) is 0.263. The average molecular weight is 310 g/mol. The van der Waals surface area contributed by atoms with Gasteiger partial charge in [-0.15, -0.1) is 0 Å². The van der Waals surface area contributed by atoms with E-state index in [0.717, 1.165) is 5.56 Å². The van der Waals surface area contributed by atoms with Crippen molar-refractivity contribution in [3.8, 4) is 0 Å². The maximum atomic E-state index is 12.8. The van der Waals surface area contributed by atoms with E-state index in [4.69, 9.17) is 0 Å². The van der Waals surface area contributed by atoms with Crippen LogP contribution in [0.1, 0.15) is 36.7 Å². The third-order valence-corrected chi connectivity index (χ3v) is 3.51. The summed E-state index contributed by atoms with van der Waals surface area (Å²) in [4.78, 5) is 25.8. The van der Waals surface area contributed by atoms with E-state index in [1.165, 1.54) is 6.92 Å². The second-order valence-electron chi connectivity index (χ2n) is 5.77. The molecule has 4 heteroatoms. The van der Waals surface area contributed by atoms with Crippen LogP contribution in [0.5, 0.6) is 0 Å². The van der Waals surface area contributed by atoms with Crippen molar-refractivity contribution in [2.75, 3.05) is 5.32 Å². The summed E-state index contributed by atoms with van der Waals surface area (Å²) in [6, 6.07) is 17.0. The van der Waals surface area contributed by atoms with Crippen molar-refractivity contribution in [3.05, 3.63) is 65.7 Å². The van der Waals surface area contributed by atoms with E-state index in [1.54, 1.807) is 24.3 Å². The molecule has 2 amide bonds. The van der Waals surface area contributed by atoms with Gasteiger partial charge in [-0.3, -0.25) is 9.59 Å². The second kappa shape index (κ2) is 7.58. The lowest BCUT2D eigenvalue weighted by Gasteiger charge is -2.27. The van der Waals surface area contributed by atoms with Gasteiger partial charge in [-0.2, -0.15) is 0 Å². The summed E-state index contributed by atoms with van der Waals surface area (Å²) in [6.07, 6.45) is 0. The number of anilines is 1. The third-order valence-electron chi connectivity index (χ3n) is 3.51. The minimum atomic E-state index is -0.153. The molecule has 120 valence electrons. The predicted octanol–water partition coefficient (Wildman–Crippen LogP) is 3.70. The van der Waals surface area contributed by atoms with Gasteiger partial charge in [0.15, 0.2) is 0 Å². The maximum absolute atomic E-state index is 12.8. The highest BCUT2D eigenvalue weighted by Crippen LogP contribution is 2.16. The third kappa shape index (κ3) is 4.68. The molecule has 0 spiro atoms. The van der Waals surface area contributed by atoms with Gasteiger partial charge in [0.1, 0.15) is 0 Å². The number of carbonyl (C=O) groups excluding carboxylic acids is 2. The summed E-state index contributed by atoms with van der Waals surface area (Å²) in [5, 5.41) is 2.71. The van der Waals surface area contributed by atoms with Crippen molar-refractivity contribution in [1.29, 1.82) is 0 Å². The van der Waals surface area contributed by atoms with Crippen LogP contribution in [0.15, 0.2) is 54.6 Å². The Hall–Kier alpha value is -2.62. The molecular formula is C19H22N2O2. The lowest BCUT2D eigenvalue weighted by atomic mass is 10.1. The fourth-order valence-electron chi connectivity index (χ4n) is 2.37. The van der Waals surface area contributed by atoms with E-state index < -0.39 is 0 Å². The summed E-state index contributed by atoms with van der Waals surface area (Å²) >= 11 is 0. The molecule has 0 unspecified atom stereocenters. The molecule has 0 aliphatic rings. The summed E-state index contributed by atoms with van der Waals surface area (Å²) < 4.78 is 0. The van der Waals surface area contributed by atoms with Crippen LogP contribution in [0.25, 0.3) is 0 Å². The van der Waals surface area contributed by atoms with Crippen LogP contribution < -0.4 is 5.32 Å². The summed E-state index contributed by atoms with van der Waals surface area (Å²) in [7, 11) is 0. The Morgan fingerprint density at radius 3 is 2.35 bits per heavy atom. The molecular weight excluding hydrogens is 288 g/mol. The number of amides is 2. The number of nitrogens with zero attached hydrogens (tertiary/aromatic N) is 1. The number of carbonyl (C=O) groups is 2. The van der Waals surface area contributed by atoms with Crippen molar-refractivity contribution in [3.63, 3.8) is 0 Å². The molecule has 0 atom stereocenters. The van der Waals surface area contributed by atoms with E-state index >= 15 is 0 Å². The Labute approximate surface area is 137 Å². The normalized spacial score (nSPS) is 10.4. The molecule has 0 saturated carbocycles. The van der Waals surface area contributed by atoms with Crippen LogP contribution in [0.4, 0.5) is 5.69 Å². The molecule has 0 aliphatic carbocycles. The highest BCUT2D eigenvalue weighted by atomic mass is 16.2. The number of rotatable bonds is 5. The van der Waals surface area contributed by atoms with Gasteiger partial charge in [0, 0.05) is 30.8 Å². The Morgan fingerprint density at radius 1 is 1.04 bits per heavy atom. The molecule has 0 aliphatic heterocycles. The molecule has 0 heterocycles. The van der Waals surface area contributed by atoms with Gasteiger partial charge in [-0.05, 0) is 37.6 Å². The minimum absolute atomic E-state index is 0.0453. The van der Waals surface area contributed by atoms with Gasteiger partial charge in [0.25, 0.3) is 5.91 Å². The van der Waals surface area contributed by atoms with Crippen LogP contribution >= 0.6 is 0 Å². The summed E-state index contributed by atoms with van der Waals surface area (Å²) in [5.74, 6) is -0.198. The number of hydrogen-bond donors (Lipinski definition) is 1. The number of hydrogen-bond acceptors (Lipinski definition) is 2. The van der Waals surface area contributed by atoms with Gasteiger partial charge in [0.2, 0.25) is 5.91 Å². The van der Waals surface area contributed by atoms with E-state index in [9.17, 15) is 9.59 Å². The molecule has 1 N–H and O–H groups in total. The van der Waals surface area contributed by atoms with Gasteiger partial charge in [0.05, 0.1) is 0 Å². The zero-order valence-electron chi connectivity index (χ0n) is 13.7. The highest BCUT2D eigenvalue weighted by molar-refractivity contribution is 5.97. The van der Waals surface area contributed by atoms with Crippen LogP contribution in [0.2, 0.25) is 0 Å². The highest BCUT2D eigenvalue weighted by Gasteiger charge is 2.19. The van der Waals surface area contributed by atoms with E-state index in [-0.39, 0.29) is 17.9 Å². The van der Waals surface area contributed by atoms with Crippen LogP contribution in [-0.2, 0) is 11.3 Å². The Bertz CT molecular complexity index is 681. The molecule has 2 aromatic carbocycles. The Balaban J connectivity index is 2.22. The van der Waals surface area contributed by atoms with E-state index in [0.29, 0.717) is 17.8 Å². The largest absolute Gasteiger partial charge is 0.332 e. The lowest BCUT2D eigenvalue weighted by Crippen LogP contribution is -2.36. The summed E-state index contributed by atoms with van der Waals surface area (Å²) in [6.45, 7) is 6.00. The Kier molecular flexibility index (Phi) is 5.52. The zero-order chi connectivity index (χ0) is 16.8. The second-order valence-corrected chi connectivity index (χ2v) is 5.77. The zero-order valence-corrected chi connectivity index (χ0v) is 13.7. The van der Waals surface area contributed by atoms with Crippen molar-refractivity contribution < 1.29 is 9.59 Å². The van der Waals surface area contributed by atoms with Crippen molar-refractivity contribution >= 4 is 17.5 Å². The molecule has 0 fully saturated rings.